The number of aliphatic carboxylic acids is 1. The monoisotopic (exact) mass is 345 g/mol. The summed E-state index contributed by atoms with van der Waals surface area (Å²) in [6.45, 7) is 1.28. The third kappa shape index (κ3) is 4.87. The third-order valence-electron chi connectivity index (χ3n) is 2.39. The van der Waals surface area contributed by atoms with Crippen molar-refractivity contribution in [2.24, 2.45) is 0 Å². The first kappa shape index (κ1) is 17.7. The van der Waals surface area contributed by atoms with Gasteiger partial charge in [0.25, 0.3) is 0 Å². The summed E-state index contributed by atoms with van der Waals surface area (Å²) >= 11 is 5.39. The van der Waals surface area contributed by atoms with Crippen LogP contribution in [0, 0.1) is 0 Å². The largest absolute Gasteiger partial charge is 0.481 e. The highest BCUT2D eigenvalue weighted by molar-refractivity contribution is 7.89. The summed E-state index contributed by atoms with van der Waals surface area (Å²) < 4.78 is 63.8. The summed E-state index contributed by atoms with van der Waals surface area (Å²) in [4.78, 5) is 9.82. The first-order valence-corrected chi connectivity index (χ1v) is 7.40. The van der Waals surface area contributed by atoms with E-state index in [2.05, 4.69) is 0 Å². The molecule has 0 fully saturated rings. The average molecular weight is 346 g/mol. The van der Waals surface area contributed by atoms with Crippen LogP contribution in [0.1, 0.15) is 18.9 Å². The van der Waals surface area contributed by atoms with Gasteiger partial charge in [-0.1, -0.05) is 11.6 Å². The predicted octanol–water partition coefficient (Wildman–Crippen LogP) is 2.50. The summed E-state index contributed by atoms with van der Waals surface area (Å²) in [6, 6.07) is 1.16. The molecule has 1 aromatic carbocycles. The topological polar surface area (TPSA) is 83.5 Å². The molecule has 0 saturated carbocycles. The molecule has 0 aliphatic rings. The number of carboxylic acid groups (broad SMARTS) is 1. The molecule has 1 rings (SSSR count). The molecule has 1 unspecified atom stereocenters. The fourth-order valence-corrected chi connectivity index (χ4v) is 3.02. The van der Waals surface area contributed by atoms with Gasteiger partial charge >= 0.3 is 12.1 Å². The Labute approximate surface area is 123 Å². The lowest BCUT2D eigenvalue weighted by molar-refractivity contribution is -0.138. The number of halogens is 4. The standard InChI is InChI=1S/C11H11ClF3NO4S/c1-6(4-10(17)18)16-21(19,20)7-2-3-9(12)8(5-7)11(13,14)15/h2-3,5-6,16H,4H2,1H3,(H,17,18). The van der Waals surface area contributed by atoms with E-state index < -0.39 is 50.1 Å². The zero-order valence-corrected chi connectivity index (χ0v) is 12.2. The molecule has 0 aliphatic carbocycles. The molecule has 2 N–H and O–H groups in total. The number of nitrogens with one attached hydrogen (secondary N) is 1. The molecule has 0 amide bonds. The van der Waals surface area contributed by atoms with Crippen molar-refractivity contribution in [2.45, 2.75) is 30.5 Å². The number of sulfonamides is 1. The number of carboxylic acids is 1. The lowest BCUT2D eigenvalue weighted by Gasteiger charge is -2.14. The van der Waals surface area contributed by atoms with Gasteiger partial charge in [-0.25, -0.2) is 13.1 Å². The molecule has 10 heteroatoms. The van der Waals surface area contributed by atoms with Crippen LogP contribution in [0.15, 0.2) is 23.1 Å². The number of rotatable bonds is 5. The SMILES string of the molecule is CC(CC(=O)O)NS(=O)(=O)c1ccc(Cl)c(C(F)(F)F)c1. The zero-order chi connectivity index (χ0) is 16.4. The van der Waals surface area contributed by atoms with Crippen molar-refractivity contribution >= 4 is 27.6 Å². The molecule has 5 nitrogen and oxygen atoms in total. The van der Waals surface area contributed by atoms with E-state index in [1.54, 1.807) is 0 Å². The van der Waals surface area contributed by atoms with Crippen LogP contribution in [-0.4, -0.2) is 25.5 Å². The number of benzene rings is 1. The maximum atomic E-state index is 12.7. The zero-order valence-electron chi connectivity index (χ0n) is 10.6. The summed E-state index contributed by atoms with van der Waals surface area (Å²) in [5.41, 5.74) is -1.28. The first-order valence-electron chi connectivity index (χ1n) is 5.54. The van der Waals surface area contributed by atoms with E-state index in [0.29, 0.717) is 6.07 Å². The van der Waals surface area contributed by atoms with Crippen molar-refractivity contribution in [3.05, 3.63) is 28.8 Å². The van der Waals surface area contributed by atoms with Gasteiger partial charge in [-0.2, -0.15) is 13.2 Å². The average Bonchev–Trinajstić information content (AvgIpc) is 2.25. The van der Waals surface area contributed by atoms with Gasteiger partial charge in [0.15, 0.2) is 0 Å². The normalized spacial score (nSPS) is 14.0. The second-order valence-electron chi connectivity index (χ2n) is 4.26. The Bertz CT molecular complexity index is 645. The second kappa shape index (κ2) is 6.20. The number of carbonyl (C=O) groups is 1. The van der Waals surface area contributed by atoms with E-state index in [1.165, 1.54) is 6.92 Å². The Morgan fingerprint density at radius 1 is 1.43 bits per heavy atom. The van der Waals surface area contributed by atoms with Crippen LogP contribution in [0.25, 0.3) is 0 Å². The fourth-order valence-electron chi connectivity index (χ4n) is 1.53. The van der Waals surface area contributed by atoms with E-state index >= 15 is 0 Å². The molecule has 0 heterocycles. The second-order valence-corrected chi connectivity index (χ2v) is 6.38. The van der Waals surface area contributed by atoms with E-state index in [-0.39, 0.29) is 0 Å². The van der Waals surface area contributed by atoms with Crippen molar-refractivity contribution < 1.29 is 31.5 Å². The highest BCUT2D eigenvalue weighted by atomic mass is 35.5. The van der Waals surface area contributed by atoms with Gasteiger partial charge in [0.2, 0.25) is 10.0 Å². The molecule has 0 radical (unpaired) electrons. The number of hydrogen-bond acceptors (Lipinski definition) is 3. The van der Waals surface area contributed by atoms with Gasteiger partial charge in [0.05, 0.1) is 21.9 Å². The molecule has 21 heavy (non-hydrogen) atoms. The van der Waals surface area contributed by atoms with Crippen LogP contribution in [-0.2, 0) is 21.0 Å². The highest BCUT2D eigenvalue weighted by Crippen LogP contribution is 2.35. The van der Waals surface area contributed by atoms with Crippen molar-refractivity contribution in [1.29, 1.82) is 0 Å². The van der Waals surface area contributed by atoms with Crippen molar-refractivity contribution in [1.82, 2.24) is 4.72 Å². The number of hydrogen-bond donors (Lipinski definition) is 2. The molecule has 1 atom stereocenters. The molecule has 1 aromatic rings. The van der Waals surface area contributed by atoms with Gasteiger partial charge in [0, 0.05) is 6.04 Å². The first-order chi connectivity index (χ1) is 9.43. The van der Waals surface area contributed by atoms with Crippen LogP contribution in [0.5, 0.6) is 0 Å². The van der Waals surface area contributed by atoms with Crippen LogP contribution in [0.3, 0.4) is 0 Å². The van der Waals surface area contributed by atoms with Gasteiger partial charge < -0.3 is 5.11 Å². The van der Waals surface area contributed by atoms with E-state index in [1.807, 2.05) is 4.72 Å². The lowest BCUT2D eigenvalue weighted by Crippen LogP contribution is -2.34. The minimum atomic E-state index is -4.80. The third-order valence-corrected chi connectivity index (χ3v) is 4.31. The van der Waals surface area contributed by atoms with Gasteiger partial charge in [0.1, 0.15) is 0 Å². The maximum Gasteiger partial charge on any atom is 0.417 e. The van der Waals surface area contributed by atoms with Crippen LogP contribution < -0.4 is 4.72 Å². The molecule has 0 saturated heterocycles. The van der Waals surface area contributed by atoms with Crippen molar-refractivity contribution in [3.8, 4) is 0 Å². The Morgan fingerprint density at radius 2 is 2.00 bits per heavy atom. The molecule has 0 bridgehead atoms. The summed E-state index contributed by atoms with van der Waals surface area (Å²) in [6.07, 6.45) is -5.30. The Hall–Kier alpha value is -1.32. The van der Waals surface area contributed by atoms with Crippen molar-refractivity contribution in [2.75, 3.05) is 0 Å². The summed E-state index contributed by atoms with van der Waals surface area (Å²) in [7, 11) is -4.28. The van der Waals surface area contributed by atoms with Crippen LogP contribution in [0.4, 0.5) is 13.2 Å². The minimum Gasteiger partial charge on any atom is -0.481 e. The molecular weight excluding hydrogens is 335 g/mol. The summed E-state index contributed by atoms with van der Waals surface area (Å²) in [5.74, 6) is -1.24. The van der Waals surface area contributed by atoms with Gasteiger partial charge in [-0.15, -0.1) is 0 Å². The molecular formula is C11H11ClF3NO4S. The molecule has 0 aromatic heterocycles. The fraction of sp³-hybridized carbons (Fsp3) is 0.364. The minimum absolute atomic E-state index is 0.401. The predicted molar refractivity (Wildman–Crippen MR) is 68.5 cm³/mol. The molecule has 0 aliphatic heterocycles. The van der Waals surface area contributed by atoms with Crippen LogP contribution >= 0.6 is 11.6 Å². The lowest BCUT2D eigenvalue weighted by atomic mass is 10.2. The highest BCUT2D eigenvalue weighted by Gasteiger charge is 2.34. The smallest absolute Gasteiger partial charge is 0.417 e. The Morgan fingerprint density at radius 3 is 2.48 bits per heavy atom. The van der Waals surface area contributed by atoms with Gasteiger partial charge in [-0.3, -0.25) is 4.79 Å². The Balaban J connectivity index is 3.13. The Kier molecular flexibility index (Phi) is 5.24. The summed E-state index contributed by atoms with van der Waals surface area (Å²) in [5, 5.41) is 7.91. The molecule has 0 spiro atoms. The van der Waals surface area contributed by atoms with Crippen LogP contribution in [0.2, 0.25) is 5.02 Å². The van der Waals surface area contributed by atoms with E-state index in [9.17, 15) is 26.4 Å². The quantitative estimate of drug-likeness (QED) is 0.859. The van der Waals surface area contributed by atoms with E-state index in [4.69, 9.17) is 16.7 Å². The van der Waals surface area contributed by atoms with E-state index in [0.717, 1.165) is 12.1 Å². The number of alkyl halides is 3. The molecule has 118 valence electrons. The van der Waals surface area contributed by atoms with Gasteiger partial charge in [-0.05, 0) is 25.1 Å². The maximum absolute atomic E-state index is 12.7. The van der Waals surface area contributed by atoms with Crippen molar-refractivity contribution in [3.63, 3.8) is 0 Å².